The Morgan fingerprint density at radius 3 is 2.20 bits per heavy atom. The van der Waals surface area contributed by atoms with Crippen LogP contribution in [0.3, 0.4) is 0 Å². The number of nitrogens with zero attached hydrogens (tertiary/aromatic N) is 1. The molecule has 1 aliphatic heterocycles. The molecule has 0 aromatic rings. The van der Waals surface area contributed by atoms with Gasteiger partial charge in [0.2, 0.25) is 0 Å². The highest BCUT2D eigenvalue weighted by molar-refractivity contribution is 6.13. The van der Waals surface area contributed by atoms with E-state index in [4.69, 9.17) is 11.8 Å². The Morgan fingerprint density at radius 1 is 1.20 bits per heavy atom. The molecule has 1 rings (SSSR count). The van der Waals surface area contributed by atoms with Crippen LogP contribution >= 0.6 is 11.8 Å². The fourth-order valence-corrected chi connectivity index (χ4v) is 2.19. The Labute approximate surface area is 105 Å². The Morgan fingerprint density at radius 2 is 1.73 bits per heavy atom. The first kappa shape index (κ1) is 15.5. The molecule has 0 aromatic carbocycles. The summed E-state index contributed by atoms with van der Waals surface area (Å²) in [5, 5.41) is 0. The van der Waals surface area contributed by atoms with Crippen molar-refractivity contribution in [3.63, 3.8) is 0 Å². The standard InChI is InChI=1S/C11H24ClN2.ClH/c1-11(2,13-12)7-10-14(3)8-5-4-6-9-14;/h13H,4-10H2,1-3H3;1H/q+1;/p-1. The lowest BCUT2D eigenvalue weighted by molar-refractivity contribution is -0.914. The van der Waals surface area contributed by atoms with Gasteiger partial charge in [0.05, 0.1) is 26.7 Å². The lowest BCUT2D eigenvalue weighted by atomic mass is 10.00. The Bertz CT molecular complexity index is 177. The van der Waals surface area contributed by atoms with Gasteiger partial charge >= 0.3 is 0 Å². The van der Waals surface area contributed by atoms with Crippen molar-refractivity contribution in [3.05, 3.63) is 0 Å². The van der Waals surface area contributed by atoms with Crippen LogP contribution in [-0.2, 0) is 0 Å². The van der Waals surface area contributed by atoms with Gasteiger partial charge in [0.15, 0.2) is 0 Å². The van der Waals surface area contributed by atoms with Crippen molar-refractivity contribution in [1.82, 2.24) is 4.84 Å². The number of quaternary nitrogens is 1. The summed E-state index contributed by atoms with van der Waals surface area (Å²) in [7, 11) is 2.38. The molecule has 2 nitrogen and oxygen atoms in total. The number of hydrogen-bond donors (Lipinski definition) is 1. The van der Waals surface area contributed by atoms with Crippen LogP contribution in [-0.4, -0.2) is 36.7 Å². The third kappa shape index (κ3) is 5.39. The first-order chi connectivity index (χ1) is 6.47. The summed E-state index contributed by atoms with van der Waals surface area (Å²) >= 11 is 5.70. The summed E-state index contributed by atoms with van der Waals surface area (Å²) in [6.45, 7) is 8.26. The maximum Gasteiger partial charge on any atom is 0.0802 e. The van der Waals surface area contributed by atoms with Crippen molar-refractivity contribution in [2.24, 2.45) is 0 Å². The molecule has 4 heteroatoms. The van der Waals surface area contributed by atoms with Crippen LogP contribution < -0.4 is 17.2 Å². The number of hydrogen-bond acceptors (Lipinski definition) is 1. The second-order valence-electron chi connectivity index (χ2n) is 5.58. The molecular weight excluding hydrogens is 231 g/mol. The van der Waals surface area contributed by atoms with Crippen LogP contribution in [0.5, 0.6) is 0 Å². The summed E-state index contributed by atoms with van der Waals surface area (Å²) in [4.78, 5) is 2.86. The number of likely N-dealkylation sites (tertiary alicyclic amines) is 1. The topological polar surface area (TPSA) is 12.0 Å². The van der Waals surface area contributed by atoms with E-state index < -0.39 is 0 Å². The second-order valence-corrected chi connectivity index (χ2v) is 5.77. The second kappa shape index (κ2) is 6.29. The highest BCUT2D eigenvalue weighted by atomic mass is 35.5. The SMILES string of the molecule is CC(C)(CC[N+]1(C)CCCCC1)NCl.[Cl-]. The van der Waals surface area contributed by atoms with E-state index in [9.17, 15) is 0 Å². The van der Waals surface area contributed by atoms with Gasteiger partial charge in [-0.05, 0) is 44.9 Å². The fourth-order valence-electron chi connectivity index (χ4n) is 2.10. The highest BCUT2D eigenvalue weighted by Gasteiger charge is 2.27. The van der Waals surface area contributed by atoms with Gasteiger partial charge in [0.25, 0.3) is 0 Å². The lowest BCUT2D eigenvalue weighted by Gasteiger charge is -2.39. The molecule has 0 atom stereocenters. The van der Waals surface area contributed by atoms with Crippen molar-refractivity contribution in [3.8, 4) is 0 Å². The van der Waals surface area contributed by atoms with Crippen molar-refractivity contribution in [2.45, 2.75) is 45.1 Å². The Hall–Kier alpha value is 0.500. The largest absolute Gasteiger partial charge is 1.00 e. The van der Waals surface area contributed by atoms with E-state index in [-0.39, 0.29) is 17.9 Å². The molecule has 15 heavy (non-hydrogen) atoms. The zero-order valence-electron chi connectivity index (χ0n) is 10.2. The van der Waals surface area contributed by atoms with Crippen molar-refractivity contribution in [1.29, 1.82) is 0 Å². The summed E-state index contributed by atoms with van der Waals surface area (Å²) in [5.74, 6) is 0. The van der Waals surface area contributed by atoms with E-state index >= 15 is 0 Å². The molecule has 0 radical (unpaired) electrons. The van der Waals surface area contributed by atoms with Crippen molar-refractivity contribution in [2.75, 3.05) is 26.7 Å². The molecule has 1 saturated heterocycles. The van der Waals surface area contributed by atoms with Gasteiger partial charge in [-0.15, -0.1) is 0 Å². The van der Waals surface area contributed by atoms with Gasteiger partial charge in [-0.3, -0.25) is 0 Å². The van der Waals surface area contributed by atoms with E-state index in [0.717, 1.165) is 6.42 Å². The molecule has 0 amide bonds. The molecule has 0 unspecified atom stereocenters. The van der Waals surface area contributed by atoms with Gasteiger partial charge < -0.3 is 16.9 Å². The molecule has 0 aliphatic carbocycles. The number of halogens is 2. The molecule has 1 fully saturated rings. The number of nitrogens with one attached hydrogen (secondary N) is 1. The maximum absolute atomic E-state index is 5.70. The molecular formula is C11H24Cl2N2. The van der Waals surface area contributed by atoms with Crippen LogP contribution in [0.4, 0.5) is 0 Å². The lowest BCUT2D eigenvalue weighted by Crippen LogP contribution is -3.00. The summed E-state index contributed by atoms with van der Waals surface area (Å²) in [6, 6.07) is 0. The molecule has 0 aromatic heterocycles. The average Bonchev–Trinajstić information content (AvgIpc) is 2.17. The highest BCUT2D eigenvalue weighted by Crippen LogP contribution is 2.19. The molecule has 1 aliphatic rings. The van der Waals surface area contributed by atoms with Crippen LogP contribution in [0.1, 0.15) is 39.5 Å². The Kier molecular flexibility index (Phi) is 6.50. The van der Waals surface area contributed by atoms with Crippen LogP contribution in [0.2, 0.25) is 0 Å². The monoisotopic (exact) mass is 254 g/mol. The van der Waals surface area contributed by atoms with Gasteiger partial charge in [0, 0.05) is 12.0 Å². The fraction of sp³-hybridized carbons (Fsp3) is 1.00. The minimum atomic E-state index is 0. The maximum atomic E-state index is 5.70. The predicted octanol–water partition coefficient (Wildman–Crippen LogP) is -0.467. The third-order valence-corrected chi connectivity index (χ3v) is 3.94. The molecule has 92 valence electrons. The first-order valence-electron chi connectivity index (χ1n) is 5.69. The Balaban J connectivity index is 0.00000196. The van der Waals surface area contributed by atoms with Crippen LogP contribution in [0, 0.1) is 0 Å². The predicted molar refractivity (Wildman–Crippen MR) is 62.3 cm³/mol. The van der Waals surface area contributed by atoms with E-state index in [2.05, 4.69) is 25.7 Å². The summed E-state index contributed by atoms with van der Waals surface area (Å²) < 4.78 is 1.24. The summed E-state index contributed by atoms with van der Waals surface area (Å²) in [5.41, 5.74) is 0.0697. The normalized spacial score (nSPS) is 20.8. The van der Waals surface area contributed by atoms with E-state index in [1.807, 2.05) is 0 Å². The minimum absolute atomic E-state index is 0. The van der Waals surface area contributed by atoms with Crippen molar-refractivity contribution >= 4 is 11.8 Å². The molecule has 0 bridgehead atoms. The van der Waals surface area contributed by atoms with Crippen LogP contribution in [0.15, 0.2) is 0 Å². The molecule has 0 spiro atoms. The molecule has 1 N–H and O–H groups in total. The first-order valence-corrected chi connectivity index (χ1v) is 6.07. The number of rotatable bonds is 4. The van der Waals surface area contributed by atoms with Crippen molar-refractivity contribution < 1.29 is 16.9 Å². The van der Waals surface area contributed by atoms with Crippen LogP contribution in [0.25, 0.3) is 0 Å². The number of piperidine rings is 1. The van der Waals surface area contributed by atoms with E-state index in [1.54, 1.807) is 0 Å². The summed E-state index contributed by atoms with van der Waals surface area (Å²) in [6.07, 6.45) is 5.36. The zero-order valence-corrected chi connectivity index (χ0v) is 11.7. The average molecular weight is 255 g/mol. The van der Waals surface area contributed by atoms with E-state index in [1.165, 1.54) is 43.4 Å². The zero-order chi connectivity index (χ0) is 10.7. The van der Waals surface area contributed by atoms with Gasteiger partial charge in [0.1, 0.15) is 0 Å². The quantitative estimate of drug-likeness (QED) is 0.529. The molecule has 1 heterocycles. The minimum Gasteiger partial charge on any atom is -1.00 e. The van der Waals surface area contributed by atoms with Gasteiger partial charge in [-0.25, -0.2) is 4.84 Å². The van der Waals surface area contributed by atoms with Gasteiger partial charge in [-0.2, -0.15) is 0 Å². The van der Waals surface area contributed by atoms with Gasteiger partial charge in [-0.1, -0.05) is 0 Å². The molecule has 0 saturated carbocycles. The third-order valence-electron chi connectivity index (χ3n) is 3.43. The van der Waals surface area contributed by atoms with E-state index in [0.29, 0.717) is 0 Å². The smallest absolute Gasteiger partial charge is 0.0802 e.